The van der Waals surface area contributed by atoms with Gasteiger partial charge < -0.3 is 10.2 Å². The number of sulfonamides is 1. The number of nitro groups is 1. The normalized spacial score (nSPS) is 15.2. The summed E-state index contributed by atoms with van der Waals surface area (Å²) in [6.45, 7) is 7.91. The van der Waals surface area contributed by atoms with E-state index in [4.69, 9.17) is 0 Å². The van der Waals surface area contributed by atoms with E-state index in [-0.39, 0.29) is 23.0 Å². The second-order valence-corrected chi connectivity index (χ2v) is 11.0. The first-order chi connectivity index (χ1) is 15.9. The number of carbonyl (C=O) groups excluding carboxylic acids is 1. The molecule has 1 amide bonds. The third-order valence-electron chi connectivity index (χ3n) is 5.31. The molecule has 1 saturated heterocycles. The first-order valence-corrected chi connectivity index (χ1v) is 12.5. The van der Waals surface area contributed by atoms with Crippen LogP contribution in [0.5, 0.6) is 0 Å². The molecule has 1 aliphatic rings. The molecule has 2 aromatic rings. The molecule has 2 N–H and O–H groups in total. The maximum atomic E-state index is 12.6. The van der Waals surface area contributed by atoms with Crippen LogP contribution in [-0.2, 0) is 21.4 Å². The number of piperazine rings is 1. The maximum Gasteiger partial charge on any atom is 0.293 e. The zero-order chi connectivity index (χ0) is 24.9. The van der Waals surface area contributed by atoms with Crippen molar-refractivity contribution in [3.63, 3.8) is 0 Å². The highest BCUT2D eigenvalue weighted by Crippen LogP contribution is 2.31. The third kappa shape index (κ3) is 6.99. The summed E-state index contributed by atoms with van der Waals surface area (Å²) in [5, 5.41) is 14.6. The largest absolute Gasteiger partial charge is 0.363 e. The minimum atomic E-state index is -3.90. The Morgan fingerprint density at radius 1 is 1.06 bits per heavy atom. The van der Waals surface area contributed by atoms with Crippen molar-refractivity contribution < 1.29 is 18.1 Å². The minimum Gasteiger partial charge on any atom is -0.363 e. The van der Waals surface area contributed by atoms with E-state index < -0.39 is 20.5 Å². The van der Waals surface area contributed by atoms with Crippen LogP contribution in [0.15, 0.2) is 53.4 Å². The molecule has 34 heavy (non-hydrogen) atoms. The highest BCUT2D eigenvalue weighted by atomic mass is 32.2. The van der Waals surface area contributed by atoms with E-state index in [0.29, 0.717) is 38.4 Å². The number of hydrogen-bond acceptors (Lipinski definition) is 7. The highest BCUT2D eigenvalue weighted by Gasteiger charge is 2.28. The van der Waals surface area contributed by atoms with E-state index in [1.165, 1.54) is 12.1 Å². The second-order valence-electron chi connectivity index (χ2n) is 9.29. The van der Waals surface area contributed by atoms with Gasteiger partial charge in [0, 0.05) is 44.3 Å². The highest BCUT2D eigenvalue weighted by molar-refractivity contribution is 7.89. The summed E-state index contributed by atoms with van der Waals surface area (Å²) in [6, 6.07) is 13.6. The maximum absolute atomic E-state index is 12.6. The van der Waals surface area contributed by atoms with Crippen molar-refractivity contribution in [2.45, 2.75) is 37.8 Å². The molecule has 0 spiro atoms. The monoisotopic (exact) mass is 489 g/mol. The van der Waals surface area contributed by atoms with Crippen molar-refractivity contribution in [2.24, 2.45) is 0 Å². The Morgan fingerprint density at radius 2 is 1.71 bits per heavy atom. The van der Waals surface area contributed by atoms with E-state index >= 15 is 0 Å². The Balaban J connectivity index is 1.62. The molecule has 11 heteroatoms. The van der Waals surface area contributed by atoms with Gasteiger partial charge in [0.1, 0.15) is 5.69 Å². The molecule has 2 aromatic carbocycles. The lowest BCUT2D eigenvalue weighted by molar-refractivity contribution is -0.384. The predicted molar refractivity (Wildman–Crippen MR) is 130 cm³/mol. The van der Waals surface area contributed by atoms with Crippen LogP contribution >= 0.6 is 0 Å². The van der Waals surface area contributed by atoms with Gasteiger partial charge in [-0.25, -0.2) is 13.1 Å². The number of carbonyl (C=O) groups is 1. The van der Waals surface area contributed by atoms with Gasteiger partial charge in [-0.1, -0.05) is 30.3 Å². The number of anilines is 1. The number of benzene rings is 2. The quantitative estimate of drug-likeness (QED) is 0.430. The lowest BCUT2D eigenvalue weighted by atomic mass is 10.1. The molecule has 1 aliphatic heterocycles. The molecule has 0 saturated carbocycles. The van der Waals surface area contributed by atoms with Crippen LogP contribution in [-0.4, -0.2) is 62.4 Å². The van der Waals surface area contributed by atoms with Gasteiger partial charge in [0.15, 0.2) is 0 Å². The van der Waals surface area contributed by atoms with Crippen molar-refractivity contribution in [1.29, 1.82) is 0 Å². The van der Waals surface area contributed by atoms with Gasteiger partial charge in [-0.15, -0.1) is 0 Å². The van der Waals surface area contributed by atoms with E-state index in [1.807, 2.05) is 40.1 Å². The van der Waals surface area contributed by atoms with Crippen molar-refractivity contribution in [2.75, 3.05) is 37.6 Å². The van der Waals surface area contributed by atoms with Gasteiger partial charge in [0.2, 0.25) is 15.9 Å². The van der Waals surface area contributed by atoms with Gasteiger partial charge in [-0.2, -0.15) is 0 Å². The van der Waals surface area contributed by atoms with E-state index in [2.05, 4.69) is 10.0 Å². The summed E-state index contributed by atoms with van der Waals surface area (Å²) >= 11 is 0. The topological polar surface area (TPSA) is 125 Å². The predicted octanol–water partition coefficient (Wildman–Crippen LogP) is 2.11. The van der Waals surface area contributed by atoms with Crippen molar-refractivity contribution in [1.82, 2.24) is 14.9 Å². The molecular formula is C23H31N5O5S. The van der Waals surface area contributed by atoms with Crippen LogP contribution in [0, 0.1) is 10.1 Å². The van der Waals surface area contributed by atoms with Gasteiger partial charge in [-0.3, -0.25) is 19.8 Å². The number of nitrogens with one attached hydrogen (secondary N) is 2. The lowest BCUT2D eigenvalue weighted by Crippen LogP contribution is -2.49. The van der Waals surface area contributed by atoms with Gasteiger partial charge in [-0.05, 0) is 38.5 Å². The summed E-state index contributed by atoms with van der Waals surface area (Å²) in [4.78, 5) is 27.2. The van der Waals surface area contributed by atoms with Crippen LogP contribution in [0.2, 0.25) is 0 Å². The summed E-state index contributed by atoms with van der Waals surface area (Å²) in [5.41, 5.74) is 0.422. The fraction of sp³-hybridized carbons (Fsp3) is 0.435. The average Bonchev–Trinajstić information content (AvgIpc) is 2.77. The van der Waals surface area contributed by atoms with Gasteiger partial charge in [0.25, 0.3) is 5.69 Å². The molecule has 10 nitrogen and oxygen atoms in total. The smallest absolute Gasteiger partial charge is 0.293 e. The number of hydrogen-bond donors (Lipinski definition) is 2. The van der Waals surface area contributed by atoms with Crippen LogP contribution in [0.4, 0.5) is 11.4 Å². The Morgan fingerprint density at radius 3 is 2.29 bits per heavy atom. The summed E-state index contributed by atoms with van der Waals surface area (Å²) in [6.07, 6.45) is 0. The lowest BCUT2D eigenvalue weighted by Gasteiger charge is -2.35. The van der Waals surface area contributed by atoms with E-state index in [9.17, 15) is 23.3 Å². The molecule has 184 valence electrons. The SMILES string of the molecule is CC(C)(C)NS(=O)(=O)c1ccc(N2CCN(CC(=O)NCc3ccccc3)CC2)c([N+](=O)[O-])c1. The Hall–Kier alpha value is -3.02. The van der Waals surface area contributed by atoms with Crippen molar-refractivity contribution in [3.05, 3.63) is 64.2 Å². The zero-order valence-electron chi connectivity index (χ0n) is 19.7. The van der Waals surface area contributed by atoms with Crippen LogP contribution in [0.3, 0.4) is 0 Å². The molecule has 0 aliphatic carbocycles. The second kappa shape index (κ2) is 10.5. The van der Waals surface area contributed by atoms with E-state index in [0.717, 1.165) is 11.6 Å². The molecule has 0 radical (unpaired) electrons. The van der Waals surface area contributed by atoms with E-state index in [1.54, 1.807) is 20.8 Å². The number of nitro benzene ring substituents is 1. The first kappa shape index (κ1) is 25.6. The molecule has 1 heterocycles. The third-order valence-corrected chi connectivity index (χ3v) is 7.06. The van der Waals surface area contributed by atoms with Crippen LogP contribution in [0.25, 0.3) is 0 Å². The van der Waals surface area contributed by atoms with Crippen molar-refractivity contribution in [3.8, 4) is 0 Å². The fourth-order valence-corrected chi connectivity index (χ4v) is 5.19. The minimum absolute atomic E-state index is 0.0795. The van der Waals surface area contributed by atoms with Crippen LogP contribution in [0.1, 0.15) is 26.3 Å². The summed E-state index contributed by atoms with van der Waals surface area (Å²) < 4.78 is 27.7. The molecular weight excluding hydrogens is 458 g/mol. The average molecular weight is 490 g/mol. The fourth-order valence-electron chi connectivity index (χ4n) is 3.75. The Labute approximate surface area is 200 Å². The molecule has 0 aromatic heterocycles. The standard InChI is InChI=1S/C23H31N5O5S/c1-23(2,3)25-34(32,33)19-9-10-20(21(15-19)28(30)31)27-13-11-26(12-14-27)17-22(29)24-16-18-7-5-4-6-8-18/h4-10,15,25H,11-14,16-17H2,1-3H3,(H,24,29). The van der Waals surface area contributed by atoms with Crippen molar-refractivity contribution >= 4 is 27.3 Å². The number of nitrogens with zero attached hydrogens (tertiary/aromatic N) is 3. The van der Waals surface area contributed by atoms with Gasteiger partial charge in [0.05, 0.1) is 16.4 Å². The summed E-state index contributed by atoms with van der Waals surface area (Å²) in [5.74, 6) is -0.0795. The number of amides is 1. The number of rotatable bonds is 8. The first-order valence-electron chi connectivity index (χ1n) is 11.0. The van der Waals surface area contributed by atoms with Gasteiger partial charge >= 0.3 is 0 Å². The van der Waals surface area contributed by atoms with Crippen LogP contribution < -0.4 is 14.9 Å². The molecule has 0 atom stereocenters. The summed E-state index contributed by atoms with van der Waals surface area (Å²) in [7, 11) is -3.90. The molecule has 0 bridgehead atoms. The molecule has 1 fully saturated rings. The Bertz CT molecular complexity index is 1120. The molecule has 3 rings (SSSR count). The Kier molecular flexibility index (Phi) is 7.90. The molecule has 0 unspecified atom stereocenters. The zero-order valence-corrected chi connectivity index (χ0v) is 20.5.